The van der Waals surface area contributed by atoms with Crippen LogP contribution in [-0.4, -0.2) is 53.2 Å². The average molecular weight is 324 g/mol. The third-order valence-corrected chi connectivity index (χ3v) is 3.60. The van der Waals surface area contributed by atoms with Crippen LogP contribution in [0.1, 0.15) is 0 Å². The molecule has 0 unspecified atom stereocenters. The lowest BCUT2D eigenvalue weighted by Crippen LogP contribution is -2.21. The summed E-state index contributed by atoms with van der Waals surface area (Å²) < 4.78 is 1.77. The van der Waals surface area contributed by atoms with Crippen LogP contribution < -0.4 is 11.1 Å². The third kappa shape index (κ3) is 3.36. The molecule has 0 aliphatic heterocycles. The number of nitrogens with one attached hydrogen (secondary N) is 1. The van der Waals surface area contributed by atoms with Gasteiger partial charge in [-0.05, 0) is 38.4 Å². The van der Waals surface area contributed by atoms with E-state index in [1.807, 2.05) is 38.5 Å². The lowest BCUT2D eigenvalue weighted by atomic mass is 10.1. The molecule has 2 aromatic heterocycles. The molecule has 124 valence electrons. The van der Waals surface area contributed by atoms with E-state index in [2.05, 4.69) is 20.3 Å². The van der Waals surface area contributed by atoms with Crippen molar-refractivity contribution < 1.29 is 4.79 Å². The fourth-order valence-corrected chi connectivity index (χ4v) is 2.37. The number of hydrogen-bond donors (Lipinski definition) is 2. The van der Waals surface area contributed by atoms with Gasteiger partial charge >= 0.3 is 0 Å². The van der Waals surface area contributed by atoms with Crippen molar-refractivity contribution in [1.82, 2.24) is 14.5 Å². The third-order valence-electron chi connectivity index (χ3n) is 3.60. The highest BCUT2D eigenvalue weighted by Crippen LogP contribution is 2.30. The molecule has 1 aliphatic rings. The predicted molar refractivity (Wildman–Crippen MR) is 95.7 cm³/mol. The van der Waals surface area contributed by atoms with Gasteiger partial charge in [-0.3, -0.25) is 4.79 Å². The molecule has 0 radical (unpaired) electrons. The number of nitrogens with zero attached hydrogens (tertiary/aromatic N) is 4. The van der Waals surface area contributed by atoms with Gasteiger partial charge in [0.2, 0.25) is 0 Å². The van der Waals surface area contributed by atoms with E-state index in [4.69, 9.17) is 5.73 Å². The van der Waals surface area contributed by atoms with Gasteiger partial charge in [0.15, 0.2) is 11.6 Å². The molecule has 7 heteroatoms. The van der Waals surface area contributed by atoms with E-state index in [9.17, 15) is 4.79 Å². The number of fused-ring (bicyclic) bond motifs is 1. The van der Waals surface area contributed by atoms with Crippen molar-refractivity contribution in [2.75, 3.05) is 32.5 Å². The quantitative estimate of drug-likeness (QED) is 0.811. The maximum absolute atomic E-state index is 11.4. The van der Waals surface area contributed by atoms with E-state index in [0.29, 0.717) is 22.9 Å². The summed E-state index contributed by atoms with van der Waals surface area (Å²) in [7, 11) is 4.03. The van der Waals surface area contributed by atoms with E-state index in [-0.39, 0.29) is 5.78 Å². The molecule has 0 spiro atoms. The molecule has 2 aromatic rings. The number of carbonyl (C=O) groups is 1. The fourth-order valence-electron chi connectivity index (χ4n) is 2.37. The largest absolute Gasteiger partial charge is 0.397 e. The number of nitrogens with two attached hydrogens (primary N) is 1. The van der Waals surface area contributed by atoms with Gasteiger partial charge in [0, 0.05) is 25.4 Å². The first-order valence-electron chi connectivity index (χ1n) is 7.69. The second-order valence-electron chi connectivity index (χ2n) is 5.79. The Kier molecular flexibility index (Phi) is 4.43. The number of allylic oxidation sites excluding steroid dienone is 3. The van der Waals surface area contributed by atoms with Crippen LogP contribution in [0.2, 0.25) is 0 Å². The van der Waals surface area contributed by atoms with Gasteiger partial charge in [-0.25, -0.2) is 9.51 Å². The van der Waals surface area contributed by atoms with Crippen molar-refractivity contribution in [2.24, 2.45) is 10.7 Å². The van der Waals surface area contributed by atoms with E-state index in [1.165, 1.54) is 12.2 Å². The zero-order valence-corrected chi connectivity index (χ0v) is 13.7. The van der Waals surface area contributed by atoms with E-state index in [0.717, 1.165) is 18.6 Å². The number of aliphatic imine (C=N–C) groups is 1. The van der Waals surface area contributed by atoms with Crippen LogP contribution in [0.4, 0.5) is 11.5 Å². The van der Waals surface area contributed by atoms with Crippen LogP contribution in [0, 0.1) is 0 Å². The summed E-state index contributed by atoms with van der Waals surface area (Å²) in [6, 6.07) is 5.79. The molecule has 0 amide bonds. The van der Waals surface area contributed by atoms with Crippen LogP contribution in [0.5, 0.6) is 0 Å². The van der Waals surface area contributed by atoms with Crippen molar-refractivity contribution in [2.45, 2.75) is 0 Å². The summed E-state index contributed by atoms with van der Waals surface area (Å²) in [5, 5.41) is 7.86. The Morgan fingerprint density at radius 1 is 1.33 bits per heavy atom. The Balaban J connectivity index is 2.00. The van der Waals surface area contributed by atoms with Crippen molar-refractivity contribution >= 4 is 28.5 Å². The van der Waals surface area contributed by atoms with Crippen LogP contribution in [0.15, 0.2) is 53.3 Å². The number of pyridine rings is 1. The summed E-state index contributed by atoms with van der Waals surface area (Å²) in [5.74, 6) is 0.560. The molecule has 1 aliphatic carbocycles. The number of likely N-dealkylation sites (N-methyl/N-ethyl adjacent to an activating group) is 1. The molecule has 3 rings (SSSR count). The van der Waals surface area contributed by atoms with E-state index in [1.54, 1.807) is 10.6 Å². The lowest BCUT2D eigenvalue weighted by molar-refractivity contribution is -0.110. The summed E-state index contributed by atoms with van der Waals surface area (Å²) in [6.45, 7) is 1.62. The molecule has 24 heavy (non-hydrogen) atoms. The zero-order valence-electron chi connectivity index (χ0n) is 13.7. The molecule has 0 aromatic carbocycles. The molecular formula is C17H20N6O. The molecule has 2 heterocycles. The summed E-state index contributed by atoms with van der Waals surface area (Å²) in [6.07, 6.45) is 6.34. The number of rotatable bonds is 5. The summed E-state index contributed by atoms with van der Waals surface area (Å²) in [5.41, 5.74) is 8.42. The van der Waals surface area contributed by atoms with Crippen molar-refractivity contribution in [3.8, 4) is 0 Å². The first kappa shape index (κ1) is 15.9. The first-order valence-corrected chi connectivity index (χ1v) is 7.69. The molecule has 3 N–H and O–H groups in total. The van der Waals surface area contributed by atoms with Crippen LogP contribution in [0.25, 0.3) is 5.52 Å². The Hall–Kier alpha value is -2.93. The van der Waals surface area contributed by atoms with E-state index < -0.39 is 0 Å². The zero-order chi connectivity index (χ0) is 17.1. The van der Waals surface area contributed by atoms with Gasteiger partial charge in [-0.2, -0.15) is 0 Å². The Bertz CT molecular complexity index is 859. The lowest BCUT2D eigenvalue weighted by Gasteiger charge is -2.10. The molecule has 0 saturated heterocycles. The van der Waals surface area contributed by atoms with Gasteiger partial charge in [-0.15, -0.1) is 5.10 Å². The van der Waals surface area contributed by atoms with Gasteiger partial charge in [-0.1, -0.05) is 6.07 Å². The number of carbonyl (C=O) groups excluding carboxylic acids is 1. The predicted octanol–water partition coefficient (Wildman–Crippen LogP) is 1.36. The molecule has 0 saturated carbocycles. The number of anilines is 1. The number of hydrogen-bond acceptors (Lipinski definition) is 6. The van der Waals surface area contributed by atoms with Gasteiger partial charge in [0.1, 0.15) is 5.69 Å². The number of aromatic nitrogens is 2. The van der Waals surface area contributed by atoms with E-state index >= 15 is 0 Å². The standard InChI is InChI=1S/C17H20N6O/c1-22(2)10-8-19-17-16(15-5-3-4-9-23(15)21-17)20-14-7-6-12(24)11-13(14)18/h3-7,9,11H,8,10,18H2,1-2H3,(H,19,21). The average Bonchev–Trinajstić information content (AvgIpc) is 2.87. The fraction of sp³-hybridized carbons (Fsp3) is 0.235. The highest BCUT2D eigenvalue weighted by atomic mass is 16.1. The van der Waals surface area contributed by atoms with Crippen molar-refractivity contribution in [1.29, 1.82) is 0 Å². The van der Waals surface area contributed by atoms with Crippen LogP contribution >= 0.6 is 0 Å². The maximum atomic E-state index is 11.4. The second kappa shape index (κ2) is 6.67. The molecule has 0 bridgehead atoms. The minimum absolute atomic E-state index is 0.129. The van der Waals surface area contributed by atoms with Crippen LogP contribution in [0.3, 0.4) is 0 Å². The van der Waals surface area contributed by atoms with Crippen molar-refractivity contribution in [3.63, 3.8) is 0 Å². The minimum Gasteiger partial charge on any atom is -0.397 e. The van der Waals surface area contributed by atoms with Gasteiger partial charge < -0.3 is 16.0 Å². The Morgan fingerprint density at radius 2 is 2.17 bits per heavy atom. The normalized spacial score (nSPS) is 16.2. The first-order chi connectivity index (χ1) is 11.5. The minimum atomic E-state index is -0.129. The molecule has 0 fully saturated rings. The van der Waals surface area contributed by atoms with Gasteiger partial charge in [0.05, 0.1) is 16.9 Å². The van der Waals surface area contributed by atoms with Gasteiger partial charge in [0.25, 0.3) is 0 Å². The summed E-state index contributed by atoms with van der Waals surface area (Å²) >= 11 is 0. The Morgan fingerprint density at radius 3 is 2.92 bits per heavy atom. The second-order valence-corrected chi connectivity index (χ2v) is 5.79. The maximum Gasteiger partial charge on any atom is 0.180 e. The molecular weight excluding hydrogens is 304 g/mol. The van der Waals surface area contributed by atoms with Crippen molar-refractivity contribution in [3.05, 3.63) is 48.3 Å². The monoisotopic (exact) mass is 324 g/mol. The van der Waals surface area contributed by atoms with Crippen LogP contribution in [-0.2, 0) is 4.79 Å². The smallest absolute Gasteiger partial charge is 0.180 e. The Labute approximate surface area is 140 Å². The topological polar surface area (TPSA) is 88.0 Å². The highest BCUT2D eigenvalue weighted by molar-refractivity contribution is 6.20. The molecule has 7 nitrogen and oxygen atoms in total. The SMILES string of the molecule is CN(C)CCNc1nn2ccccc2c1N=C1C=CC(=O)C=C1N. The highest BCUT2D eigenvalue weighted by Gasteiger charge is 2.15. The molecule has 0 atom stereocenters. The summed E-state index contributed by atoms with van der Waals surface area (Å²) in [4.78, 5) is 18.1. The number of ketones is 1.